The lowest BCUT2D eigenvalue weighted by Crippen LogP contribution is -2.28. The number of para-hydroxylation sites is 1. The van der Waals surface area contributed by atoms with E-state index in [1.165, 1.54) is 6.34 Å². The van der Waals surface area contributed by atoms with Crippen molar-refractivity contribution in [1.29, 1.82) is 0 Å². The Bertz CT molecular complexity index is 540. The van der Waals surface area contributed by atoms with Crippen molar-refractivity contribution >= 4 is 22.0 Å². The summed E-state index contributed by atoms with van der Waals surface area (Å²) in [6.07, 6.45) is 4.40. The van der Waals surface area contributed by atoms with Gasteiger partial charge in [0.1, 0.15) is 11.2 Å². The van der Waals surface area contributed by atoms with Gasteiger partial charge < -0.3 is 10.6 Å². The number of benzene rings is 1. The smallest absolute Gasteiger partial charge is 0.285 e. The van der Waals surface area contributed by atoms with Crippen LogP contribution >= 0.6 is 0 Å². The molecule has 0 aromatic heterocycles. The number of unbranched alkanes of at least 4 members (excludes halogenated alkanes) is 2. The first-order valence-electron chi connectivity index (χ1n) is 6.01. The molecule has 98 valence electrons. The third-order valence-electron chi connectivity index (χ3n) is 2.88. The molecule has 5 nitrogen and oxygen atoms in total. The van der Waals surface area contributed by atoms with Crippen molar-refractivity contribution in [3.8, 4) is 0 Å². The molecule has 0 unspecified atom stereocenters. The maximum absolute atomic E-state index is 11.8. The minimum Gasteiger partial charge on any atom is -0.331 e. The Morgan fingerprint density at radius 1 is 1.17 bits per heavy atom. The third kappa shape index (κ3) is 2.70. The van der Waals surface area contributed by atoms with Crippen molar-refractivity contribution in [3.63, 3.8) is 0 Å². The summed E-state index contributed by atoms with van der Waals surface area (Å²) in [7, 11) is -3.50. The lowest BCUT2D eigenvalue weighted by atomic mass is 10.2. The van der Waals surface area contributed by atoms with Gasteiger partial charge in [0.05, 0.1) is 5.69 Å². The van der Waals surface area contributed by atoms with Gasteiger partial charge >= 0.3 is 0 Å². The molecule has 6 heteroatoms. The average Bonchev–Trinajstić information content (AvgIpc) is 2.37. The van der Waals surface area contributed by atoms with Gasteiger partial charge in [0.15, 0.2) is 0 Å². The molecule has 0 fully saturated rings. The molecule has 0 bridgehead atoms. The molecular weight excluding hydrogens is 250 g/mol. The summed E-state index contributed by atoms with van der Waals surface area (Å²) in [5.41, 5.74) is 6.15. The van der Waals surface area contributed by atoms with E-state index < -0.39 is 10.0 Å². The first kappa shape index (κ1) is 13.0. The molecule has 0 atom stereocenters. The van der Waals surface area contributed by atoms with Crippen molar-refractivity contribution < 1.29 is 8.42 Å². The summed E-state index contributed by atoms with van der Waals surface area (Å²) in [6, 6.07) is 6.94. The maximum atomic E-state index is 11.8. The molecule has 18 heavy (non-hydrogen) atoms. The van der Waals surface area contributed by atoms with Crippen LogP contribution in [0.15, 0.2) is 33.6 Å². The summed E-state index contributed by atoms with van der Waals surface area (Å²) in [5.74, 6) is 0. The highest BCUT2D eigenvalue weighted by Gasteiger charge is 2.24. The topological polar surface area (TPSA) is 75.8 Å². The van der Waals surface area contributed by atoms with Crippen molar-refractivity contribution in [3.05, 3.63) is 24.3 Å². The second-order valence-electron chi connectivity index (χ2n) is 4.21. The van der Waals surface area contributed by atoms with E-state index in [9.17, 15) is 8.42 Å². The van der Waals surface area contributed by atoms with Crippen LogP contribution in [0.1, 0.15) is 19.3 Å². The van der Waals surface area contributed by atoms with E-state index in [1.807, 2.05) is 11.0 Å². The summed E-state index contributed by atoms with van der Waals surface area (Å²) >= 11 is 0. The largest absolute Gasteiger partial charge is 0.331 e. The lowest BCUT2D eigenvalue weighted by Gasteiger charge is -2.24. The molecular formula is C12H17N3O2S. The van der Waals surface area contributed by atoms with Gasteiger partial charge in [-0.05, 0) is 31.5 Å². The number of hydrogen-bond acceptors (Lipinski definition) is 4. The van der Waals surface area contributed by atoms with Crippen LogP contribution in [0.5, 0.6) is 0 Å². The van der Waals surface area contributed by atoms with E-state index in [2.05, 4.69) is 4.40 Å². The molecule has 2 rings (SSSR count). The number of nitrogens with zero attached hydrogens (tertiary/aromatic N) is 2. The molecule has 1 aliphatic rings. The van der Waals surface area contributed by atoms with Crippen LogP contribution in [0.4, 0.5) is 5.69 Å². The highest BCUT2D eigenvalue weighted by Crippen LogP contribution is 2.29. The Hall–Kier alpha value is -1.40. The van der Waals surface area contributed by atoms with Crippen LogP contribution in [-0.4, -0.2) is 27.8 Å². The zero-order valence-electron chi connectivity index (χ0n) is 10.1. The van der Waals surface area contributed by atoms with Crippen LogP contribution in [0, 0.1) is 0 Å². The second kappa shape index (κ2) is 5.49. The molecule has 1 aromatic rings. The lowest BCUT2D eigenvalue weighted by molar-refractivity contribution is 0.596. The molecule has 0 amide bonds. The minimum atomic E-state index is -3.50. The first-order chi connectivity index (χ1) is 8.65. The van der Waals surface area contributed by atoms with Gasteiger partial charge in [-0.2, -0.15) is 8.42 Å². The normalized spacial score (nSPS) is 16.6. The Morgan fingerprint density at radius 2 is 1.94 bits per heavy atom. The van der Waals surface area contributed by atoms with Crippen LogP contribution in [0.25, 0.3) is 0 Å². The predicted molar refractivity (Wildman–Crippen MR) is 72.4 cm³/mol. The SMILES string of the molecule is NCCCCCN1C=NS(=O)(=O)c2ccccc21. The van der Waals surface area contributed by atoms with Crippen LogP contribution in [0.2, 0.25) is 0 Å². The van der Waals surface area contributed by atoms with Crippen molar-refractivity contribution in [1.82, 2.24) is 0 Å². The average molecular weight is 267 g/mol. The summed E-state index contributed by atoms with van der Waals surface area (Å²) < 4.78 is 27.1. The van der Waals surface area contributed by atoms with E-state index in [0.717, 1.165) is 25.8 Å². The summed E-state index contributed by atoms with van der Waals surface area (Å²) in [5, 5.41) is 0. The summed E-state index contributed by atoms with van der Waals surface area (Å²) in [6.45, 7) is 1.45. The molecule has 1 heterocycles. The zero-order valence-corrected chi connectivity index (χ0v) is 10.9. The number of fused-ring (bicyclic) bond motifs is 1. The van der Waals surface area contributed by atoms with Gasteiger partial charge in [-0.15, -0.1) is 4.40 Å². The zero-order chi connectivity index (χ0) is 13.0. The number of rotatable bonds is 5. The Balaban J connectivity index is 2.15. The summed E-state index contributed by atoms with van der Waals surface area (Å²) in [4.78, 5) is 2.17. The van der Waals surface area contributed by atoms with Gasteiger partial charge in [-0.3, -0.25) is 0 Å². The van der Waals surface area contributed by atoms with Crippen molar-refractivity contribution in [2.75, 3.05) is 18.0 Å². The van der Waals surface area contributed by atoms with E-state index in [-0.39, 0.29) is 4.90 Å². The number of sulfonamides is 1. The highest BCUT2D eigenvalue weighted by atomic mass is 32.2. The molecule has 0 aliphatic carbocycles. The van der Waals surface area contributed by atoms with Crippen LogP contribution < -0.4 is 10.6 Å². The van der Waals surface area contributed by atoms with Crippen LogP contribution in [-0.2, 0) is 10.0 Å². The Morgan fingerprint density at radius 3 is 2.72 bits per heavy atom. The molecule has 0 radical (unpaired) electrons. The standard InChI is InChI=1S/C12H17N3O2S/c13-8-4-1-5-9-15-10-14-18(16,17)12-7-3-2-6-11(12)15/h2-3,6-7,10H,1,4-5,8-9,13H2. The van der Waals surface area contributed by atoms with Crippen LogP contribution in [0.3, 0.4) is 0 Å². The molecule has 0 spiro atoms. The van der Waals surface area contributed by atoms with Crippen molar-refractivity contribution in [2.24, 2.45) is 10.1 Å². The molecule has 0 saturated carbocycles. The predicted octanol–water partition coefficient (Wildman–Crippen LogP) is 1.35. The maximum Gasteiger partial charge on any atom is 0.285 e. The van der Waals surface area contributed by atoms with Gasteiger partial charge in [-0.1, -0.05) is 18.6 Å². The molecule has 1 aliphatic heterocycles. The Labute approximate surface area is 107 Å². The number of anilines is 1. The van der Waals surface area contributed by atoms with Gasteiger partial charge in [0, 0.05) is 6.54 Å². The van der Waals surface area contributed by atoms with E-state index in [1.54, 1.807) is 18.2 Å². The first-order valence-corrected chi connectivity index (χ1v) is 7.45. The van der Waals surface area contributed by atoms with Crippen molar-refractivity contribution in [2.45, 2.75) is 24.2 Å². The van der Waals surface area contributed by atoms with Gasteiger partial charge in [0.25, 0.3) is 10.0 Å². The Kier molecular flexibility index (Phi) is 3.98. The molecule has 0 saturated heterocycles. The van der Waals surface area contributed by atoms with Gasteiger partial charge in [0.2, 0.25) is 0 Å². The number of nitrogens with two attached hydrogens (primary N) is 1. The van der Waals surface area contributed by atoms with E-state index in [4.69, 9.17) is 5.73 Å². The highest BCUT2D eigenvalue weighted by molar-refractivity contribution is 7.90. The fourth-order valence-electron chi connectivity index (χ4n) is 1.93. The van der Waals surface area contributed by atoms with E-state index >= 15 is 0 Å². The molecule has 2 N–H and O–H groups in total. The third-order valence-corrected chi connectivity index (χ3v) is 4.15. The fraction of sp³-hybridized carbons (Fsp3) is 0.417. The fourth-order valence-corrected chi connectivity index (χ4v) is 2.98. The number of hydrogen-bond donors (Lipinski definition) is 1. The quantitative estimate of drug-likeness (QED) is 0.817. The minimum absolute atomic E-state index is 0.284. The van der Waals surface area contributed by atoms with Gasteiger partial charge in [-0.25, -0.2) is 0 Å². The molecule has 1 aromatic carbocycles. The van der Waals surface area contributed by atoms with E-state index in [0.29, 0.717) is 12.2 Å². The monoisotopic (exact) mass is 267 g/mol. The second-order valence-corrected chi connectivity index (χ2v) is 5.81.